The van der Waals surface area contributed by atoms with Crippen molar-refractivity contribution < 1.29 is 14.6 Å². The molecule has 0 spiro atoms. The molecular formula is C13H18O3. The van der Waals surface area contributed by atoms with Gasteiger partial charge in [0.15, 0.2) is 0 Å². The number of carboxylic acids is 1. The van der Waals surface area contributed by atoms with Crippen LogP contribution in [0.25, 0.3) is 0 Å². The van der Waals surface area contributed by atoms with Crippen LogP contribution in [0.15, 0.2) is 24.3 Å². The molecule has 0 radical (unpaired) electrons. The summed E-state index contributed by atoms with van der Waals surface area (Å²) in [5.41, 5.74) is 2.00. The number of hydrogen-bond acceptors (Lipinski definition) is 2. The fourth-order valence-electron chi connectivity index (χ4n) is 1.59. The monoisotopic (exact) mass is 222 g/mol. The second kappa shape index (κ2) is 5.66. The highest BCUT2D eigenvalue weighted by Gasteiger charge is 2.19. The number of rotatable bonds is 5. The van der Waals surface area contributed by atoms with Gasteiger partial charge in [0.2, 0.25) is 0 Å². The van der Waals surface area contributed by atoms with Crippen molar-refractivity contribution in [3.05, 3.63) is 35.4 Å². The smallest absolute Gasteiger partial charge is 0.313 e. The molecule has 1 aromatic carbocycles. The highest BCUT2D eigenvalue weighted by Crippen LogP contribution is 2.20. The zero-order valence-electron chi connectivity index (χ0n) is 9.93. The summed E-state index contributed by atoms with van der Waals surface area (Å²) in [5.74, 6) is -0.967. The van der Waals surface area contributed by atoms with Crippen LogP contribution in [-0.4, -0.2) is 24.8 Å². The SMILES string of the molecule is COCC(C(=O)O)c1ccc(C(C)C)cc1. The summed E-state index contributed by atoms with van der Waals surface area (Å²) in [7, 11) is 1.51. The molecule has 16 heavy (non-hydrogen) atoms. The van der Waals surface area contributed by atoms with Gasteiger partial charge in [0.25, 0.3) is 0 Å². The van der Waals surface area contributed by atoms with E-state index in [9.17, 15) is 4.79 Å². The van der Waals surface area contributed by atoms with Gasteiger partial charge in [-0.2, -0.15) is 0 Å². The molecule has 1 aromatic rings. The summed E-state index contributed by atoms with van der Waals surface area (Å²) in [4.78, 5) is 11.0. The Kier molecular flexibility index (Phi) is 4.50. The Hall–Kier alpha value is -1.35. The summed E-state index contributed by atoms with van der Waals surface area (Å²) >= 11 is 0. The van der Waals surface area contributed by atoms with E-state index in [-0.39, 0.29) is 6.61 Å². The van der Waals surface area contributed by atoms with Crippen molar-refractivity contribution in [2.75, 3.05) is 13.7 Å². The van der Waals surface area contributed by atoms with Crippen LogP contribution in [0, 0.1) is 0 Å². The van der Waals surface area contributed by atoms with E-state index in [0.717, 1.165) is 5.56 Å². The predicted octanol–water partition coefficient (Wildman–Crippen LogP) is 2.62. The zero-order valence-corrected chi connectivity index (χ0v) is 9.93. The lowest BCUT2D eigenvalue weighted by Crippen LogP contribution is -2.16. The van der Waals surface area contributed by atoms with E-state index in [1.54, 1.807) is 0 Å². The minimum Gasteiger partial charge on any atom is -0.481 e. The maximum atomic E-state index is 11.0. The van der Waals surface area contributed by atoms with E-state index in [4.69, 9.17) is 9.84 Å². The van der Waals surface area contributed by atoms with Crippen LogP contribution in [0.2, 0.25) is 0 Å². The molecule has 88 valence electrons. The quantitative estimate of drug-likeness (QED) is 0.833. The van der Waals surface area contributed by atoms with Crippen LogP contribution < -0.4 is 0 Å². The lowest BCUT2D eigenvalue weighted by atomic mass is 9.96. The second-order valence-corrected chi connectivity index (χ2v) is 4.17. The molecule has 1 rings (SSSR count). The number of benzene rings is 1. The van der Waals surface area contributed by atoms with Crippen LogP contribution >= 0.6 is 0 Å². The lowest BCUT2D eigenvalue weighted by molar-refractivity contribution is -0.140. The third kappa shape index (κ3) is 3.07. The molecule has 0 fully saturated rings. The van der Waals surface area contributed by atoms with Gasteiger partial charge in [-0.3, -0.25) is 4.79 Å². The molecule has 3 heteroatoms. The van der Waals surface area contributed by atoms with Crippen molar-refractivity contribution in [1.29, 1.82) is 0 Å². The zero-order chi connectivity index (χ0) is 12.1. The van der Waals surface area contributed by atoms with E-state index in [2.05, 4.69) is 13.8 Å². The minimum absolute atomic E-state index is 0.205. The van der Waals surface area contributed by atoms with E-state index in [1.807, 2.05) is 24.3 Å². The third-order valence-corrected chi connectivity index (χ3v) is 2.64. The first kappa shape index (κ1) is 12.7. The number of hydrogen-bond donors (Lipinski definition) is 1. The van der Waals surface area contributed by atoms with Gasteiger partial charge < -0.3 is 9.84 Å². The van der Waals surface area contributed by atoms with Crippen LogP contribution in [0.3, 0.4) is 0 Å². The Morgan fingerprint density at radius 1 is 1.25 bits per heavy atom. The molecule has 1 atom stereocenters. The van der Waals surface area contributed by atoms with Gasteiger partial charge in [0.05, 0.1) is 6.61 Å². The summed E-state index contributed by atoms with van der Waals surface area (Å²) in [6.45, 7) is 4.42. The average Bonchev–Trinajstić information content (AvgIpc) is 2.25. The molecule has 0 heterocycles. The molecule has 0 amide bonds. The molecule has 0 aliphatic carbocycles. The summed E-state index contributed by atoms with van der Waals surface area (Å²) in [6, 6.07) is 7.69. The molecule has 1 N–H and O–H groups in total. The van der Waals surface area contributed by atoms with Gasteiger partial charge in [-0.05, 0) is 17.0 Å². The Labute approximate surface area is 96.1 Å². The maximum Gasteiger partial charge on any atom is 0.313 e. The number of carbonyl (C=O) groups is 1. The maximum absolute atomic E-state index is 11.0. The van der Waals surface area contributed by atoms with Gasteiger partial charge in [-0.15, -0.1) is 0 Å². The fraction of sp³-hybridized carbons (Fsp3) is 0.462. The first-order valence-electron chi connectivity index (χ1n) is 5.37. The van der Waals surface area contributed by atoms with Crippen LogP contribution in [-0.2, 0) is 9.53 Å². The second-order valence-electron chi connectivity index (χ2n) is 4.17. The van der Waals surface area contributed by atoms with Gasteiger partial charge in [0.1, 0.15) is 5.92 Å². The van der Waals surface area contributed by atoms with Crippen LogP contribution in [0.1, 0.15) is 36.8 Å². The summed E-state index contributed by atoms with van der Waals surface area (Å²) < 4.78 is 4.92. The third-order valence-electron chi connectivity index (χ3n) is 2.64. The average molecular weight is 222 g/mol. The topological polar surface area (TPSA) is 46.5 Å². The summed E-state index contributed by atoms with van der Waals surface area (Å²) in [5, 5.41) is 9.06. The predicted molar refractivity (Wildman–Crippen MR) is 62.8 cm³/mol. The highest BCUT2D eigenvalue weighted by molar-refractivity contribution is 5.76. The van der Waals surface area contributed by atoms with Gasteiger partial charge in [-0.25, -0.2) is 0 Å². The van der Waals surface area contributed by atoms with Gasteiger partial charge >= 0.3 is 5.97 Å². The Morgan fingerprint density at radius 2 is 1.75 bits per heavy atom. The van der Waals surface area contributed by atoms with Crippen LogP contribution in [0.5, 0.6) is 0 Å². The van der Waals surface area contributed by atoms with Crippen molar-refractivity contribution in [2.24, 2.45) is 0 Å². The molecular weight excluding hydrogens is 204 g/mol. The number of ether oxygens (including phenoxy) is 1. The number of carboxylic acid groups (broad SMARTS) is 1. The molecule has 0 aliphatic heterocycles. The molecule has 1 unspecified atom stereocenters. The normalized spacial score (nSPS) is 12.8. The Balaban J connectivity index is 2.89. The Morgan fingerprint density at radius 3 is 2.12 bits per heavy atom. The van der Waals surface area contributed by atoms with Crippen molar-refractivity contribution in [3.63, 3.8) is 0 Å². The number of methoxy groups -OCH3 is 1. The van der Waals surface area contributed by atoms with Crippen molar-refractivity contribution in [1.82, 2.24) is 0 Å². The fourth-order valence-corrected chi connectivity index (χ4v) is 1.59. The van der Waals surface area contributed by atoms with E-state index < -0.39 is 11.9 Å². The van der Waals surface area contributed by atoms with Crippen molar-refractivity contribution in [3.8, 4) is 0 Å². The van der Waals surface area contributed by atoms with Gasteiger partial charge in [-0.1, -0.05) is 38.1 Å². The van der Waals surface area contributed by atoms with E-state index in [0.29, 0.717) is 5.92 Å². The van der Waals surface area contributed by atoms with Gasteiger partial charge in [0, 0.05) is 7.11 Å². The first-order valence-corrected chi connectivity index (χ1v) is 5.37. The minimum atomic E-state index is -0.848. The first-order chi connectivity index (χ1) is 7.56. The summed E-state index contributed by atoms with van der Waals surface area (Å²) in [6.07, 6.45) is 0. The number of aliphatic carboxylic acids is 1. The Bertz CT molecular complexity index is 341. The largest absolute Gasteiger partial charge is 0.481 e. The lowest BCUT2D eigenvalue weighted by Gasteiger charge is -2.13. The molecule has 0 aromatic heterocycles. The van der Waals surface area contributed by atoms with E-state index >= 15 is 0 Å². The molecule has 3 nitrogen and oxygen atoms in total. The van der Waals surface area contributed by atoms with Crippen molar-refractivity contribution >= 4 is 5.97 Å². The van der Waals surface area contributed by atoms with E-state index in [1.165, 1.54) is 12.7 Å². The van der Waals surface area contributed by atoms with Crippen molar-refractivity contribution in [2.45, 2.75) is 25.7 Å². The molecule has 0 bridgehead atoms. The highest BCUT2D eigenvalue weighted by atomic mass is 16.5. The standard InChI is InChI=1S/C13H18O3/c1-9(2)10-4-6-11(7-5-10)12(8-16-3)13(14)15/h4-7,9,12H,8H2,1-3H3,(H,14,15). The molecule has 0 aliphatic rings. The van der Waals surface area contributed by atoms with Crippen LogP contribution in [0.4, 0.5) is 0 Å². The molecule has 0 saturated heterocycles. The molecule has 0 saturated carbocycles.